The number of nitrogens with zero attached hydrogens (tertiary/aromatic N) is 6. The second-order valence-corrected chi connectivity index (χ2v) is 27.6. The van der Waals surface area contributed by atoms with E-state index in [9.17, 15) is 47.9 Å². The number of rotatable bonds is 30. The van der Waals surface area contributed by atoms with E-state index in [1.807, 2.05) is 70.3 Å². The summed E-state index contributed by atoms with van der Waals surface area (Å²) in [4.78, 5) is 146. The molecular formula is C65H91Br2N11O13S. The van der Waals surface area contributed by atoms with Crippen LogP contribution in [0.1, 0.15) is 117 Å². The molecule has 1 fully saturated rings. The lowest BCUT2D eigenvalue weighted by Crippen LogP contribution is -2.60. The molecule has 0 spiro atoms. The van der Waals surface area contributed by atoms with Crippen LogP contribution in [0, 0.1) is 35.5 Å². The Morgan fingerprint density at radius 2 is 1.34 bits per heavy atom. The van der Waals surface area contributed by atoms with Crippen molar-refractivity contribution in [2.45, 2.75) is 176 Å². The largest absolute Gasteiger partial charge is 0.445 e. The van der Waals surface area contributed by atoms with Gasteiger partial charge in [-0.1, -0.05) is 111 Å². The van der Waals surface area contributed by atoms with E-state index in [4.69, 9.17) is 14.2 Å². The molecule has 8 amide bonds. The first-order valence-corrected chi connectivity index (χ1v) is 33.8. The van der Waals surface area contributed by atoms with Crippen LogP contribution >= 0.6 is 43.2 Å². The third kappa shape index (κ3) is 18.3. The molecule has 11 atom stereocenters. The fraction of sp³-hybridized carbons (Fsp3) is 0.585. The first kappa shape index (κ1) is 74.2. The first-order chi connectivity index (χ1) is 43.5. The molecule has 504 valence electrons. The zero-order valence-corrected chi connectivity index (χ0v) is 59.0. The predicted octanol–water partition coefficient (Wildman–Crippen LogP) is 6.66. The molecule has 2 aromatic carbocycles. The summed E-state index contributed by atoms with van der Waals surface area (Å²) >= 11 is 7.71. The van der Waals surface area contributed by atoms with Crippen LogP contribution < -0.4 is 37.7 Å². The van der Waals surface area contributed by atoms with Gasteiger partial charge >= 0.3 is 6.09 Å². The summed E-state index contributed by atoms with van der Waals surface area (Å²) in [5.41, 5.74) is 1.01. The van der Waals surface area contributed by atoms with Gasteiger partial charge in [0, 0.05) is 52.1 Å². The Morgan fingerprint density at radius 1 is 0.717 bits per heavy atom. The Morgan fingerprint density at radius 3 is 1.88 bits per heavy atom. The highest BCUT2D eigenvalue weighted by Gasteiger charge is 2.44. The number of carbonyl (C=O) groups excluding carboxylic acids is 8. The van der Waals surface area contributed by atoms with Gasteiger partial charge in [0.25, 0.3) is 11.1 Å². The number of nitrogens with one attached hydrogen (secondary N) is 5. The number of fused-ring (bicyclic) bond motifs is 1. The van der Waals surface area contributed by atoms with Crippen LogP contribution in [0.5, 0.6) is 0 Å². The molecule has 2 aromatic heterocycles. The third-order valence-corrected chi connectivity index (χ3v) is 20.4. The number of hydrogen-bond donors (Lipinski definition) is 5. The number of amides is 8. The molecule has 0 unspecified atom stereocenters. The summed E-state index contributed by atoms with van der Waals surface area (Å²) in [6, 6.07) is 10.8. The molecule has 27 heteroatoms. The van der Waals surface area contributed by atoms with Gasteiger partial charge in [0.2, 0.25) is 41.4 Å². The van der Waals surface area contributed by atoms with E-state index in [0.717, 1.165) is 10.6 Å². The molecule has 2 aliphatic heterocycles. The third-order valence-electron chi connectivity index (χ3n) is 17.5. The summed E-state index contributed by atoms with van der Waals surface area (Å²) in [5.74, 6) is -5.94. The fourth-order valence-corrected chi connectivity index (χ4v) is 13.5. The van der Waals surface area contributed by atoms with Crippen molar-refractivity contribution in [3.8, 4) is 0 Å². The van der Waals surface area contributed by atoms with Crippen molar-refractivity contribution in [1.29, 1.82) is 0 Å². The first-order valence-electron chi connectivity index (χ1n) is 31.3. The van der Waals surface area contributed by atoms with Gasteiger partial charge in [0.1, 0.15) is 44.7 Å². The minimum atomic E-state index is -1.06. The van der Waals surface area contributed by atoms with Crippen LogP contribution in [-0.2, 0) is 73.9 Å². The number of likely N-dealkylation sites (N-methyl/N-ethyl adjacent to an activating group) is 2. The standard InChI is InChI=1S/C65H91Br2N11O13S/c1-15-38(8)54(47(89-13)31-48(79)76-28-19-22-46(76)55(90-14)39(9)56(80)71-45(61-68-27-29-92-61)30-41-20-17-16-18-21-41)74(11)64(87)52(36(4)5)73-60(84)53(37(6)7)75(12)65(88)91-34-42-23-25-44(26-24-42)70-57(81)40(10)69-59(83)51(35(2)3)72-58(82)43-32-77-62(85)49(66)50(67)63(86)78(77)33-43/h16-18,20-21,23-27,29,35-40,43,45-47,51-55H,15,19,22,28,30-34H2,1-14H3,(H,69,83)(H,70,81)(H,71,80)(H,72,82)(H,73,84)/t38-,39+,40-,45-,46-,47+,51-,52-,53-,54-,55+/m0/s1. The predicted molar refractivity (Wildman–Crippen MR) is 356 cm³/mol. The van der Waals surface area contributed by atoms with E-state index >= 15 is 0 Å². The molecule has 6 rings (SSSR count). The smallest absolute Gasteiger partial charge is 0.410 e. The number of anilines is 1. The number of benzene rings is 2. The quantitative estimate of drug-likeness (QED) is 0.0365. The lowest BCUT2D eigenvalue weighted by atomic mass is 9.89. The molecule has 4 heterocycles. The minimum absolute atomic E-state index is 0.0447. The normalized spacial score (nSPS) is 17.3. The fourth-order valence-electron chi connectivity index (χ4n) is 12.1. The summed E-state index contributed by atoms with van der Waals surface area (Å²) in [6.07, 6.45) is 1.98. The molecule has 24 nitrogen and oxygen atoms in total. The highest BCUT2D eigenvalue weighted by atomic mass is 79.9. The second-order valence-electron chi connectivity index (χ2n) is 25.0. The molecule has 0 aliphatic carbocycles. The summed E-state index contributed by atoms with van der Waals surface area (Å²) in [5, 5.41) is 17.0. The lowest BCUT2D eigenvalue weighted by molar-refractivity contribution is -0.148. The number of carbonyl (C=O) groups is 8. The number of ether oxygens (including phenoxy) is 3. The Balaban J connectivity index is 1.02. The van der Waals surface area contributed by atoms with E-state index in [1.54, 1.807) is 82.1 Å². The number of thiazole rings is 1. The van der Waals surface area contributed by atoms with Crippen molar-refractivity contribution in [2.24, 2.45) is 35.5 Å². The van der Waals surface area contributed by atoms with E-state index in [-0.39, 0.29) is 58.8 Å². The van der Waals surface area contributed by atoms with Crippen molar-refractivity contribution in [2.75, 3.05) is 40.2 Å². The Kier molecular flexibility index (Phi) is 27.3. The Hall–Kier alpha value is -6.81. The zero-order valence-electron chi connectivity index (χ0n) is 55.0. The van der Waals surface area contributed by atoms with Crippen LogP contribution in [0.15, 0.2) is 84.7 Å². The van der Waals surface area contributed by atoms with Crippen LogP contribution in [0.3, 0.4) is 0 Å². The van der Waals surface area contributed by atoms with Gasteiger partial charge in [-0.3, -0.25) is 48.1 Å². The molecule has 0 bridgehead atoms. The molecule has 92 heavy (non-hydrogen) atoms. The van der Waals surface area contributed by atoms with Crippen LogP contribution in [-0.4, -0.2) is 160 Å². The van der Waals surface area contributed by atoms with Gasteiger partial charge in [-0.05, 0) is 105 Å². The van der Waals surface area contributed by atoms with Gasteiger partial charge in [0.15, 0.2) is 0 Å². The van der Waals surface area contributed by atoms with E-state index in [0.29, 0.717) is 43.5 Å². The van der Waals surface area contributed by atoms with Crippen molar-refractivity contribution in [3.63, 3.8) is 0 Å². The Labute approximate surface area is 559 Å². The molecule has 5 N–H and O–H groups in total. The van der Waals surface area contributed by atoms with Crippen LogP contribution in [0.4, 0.5) is 10.5 Å². The van der Waals surface area contributed by atoms with Gasteiger partial charge in [0.05, 0.1) is 61.7 Å². The van der Waals surface area contributed by atoms with E-state index in [1.165, 1.54) is 46.7 Å². The summed E-state index contributed by atoms with van der Waals surface area (Å²) in [6.45, 7) is 18.0. The van der Waals surface area contributed by atoms with Crippen molar-refractivity contribution >= 4 is 96.3 Å². The maximum Gasteiger partial charge on any atom is 0.410 e. The summed E-state index contributed by atoms with van der Waals surface area (Å²) in [7, 11) is 6.18. The summed E-state index contributed by atoms with van der Waals surface area (Å²) < 4.78 is 20.3. The monoisotopic (exact) mass is 1420 g/mol. The number of likely N-dealkylation sites (tertiary alicyclic amines) is 1. The van der Waals surface area contributed by atoms with Crippen molar-refractivity contribution in [3.05, 3.63) is 112 Å². The minimum Gasteiger partial charge on any atom is -0.445 e. The van der Waals surface area contributed by atoms with Gasteiger partial charge in [-0.2, -0.15) is 0 Å². The number of halogens is 2. The average molecular weight is 1430 g/mol. The maximum atomic E-state index is 14.8. The topological polar surface area (TPSA) is 291 Å². The highest BCUT2D eigenvalue weighted by molar-refractivity contribution is 9.13. The highest BCUT2D eigenvalue weighted by Crippen LogP contribution is 2.31. The van der Waals surface area contributed by atoms with E-state index in [2.05, 4.69) is 63.4 Å². The zero-order chi connectivity index (χ0) is 68.0. The number of methoxy groups -OCH3 is 2. The van der Waals surface area contributed by atoms with Gasteiger partial charge in [-0.25, -0.2) is 19.1 Å². The van der Waals surface area contributed by atoms with Gasteiger partial charge in [-0.15, -0.1) is 11.3 Å². The molecule has 0 radical (unpaired) electrons. The second kappa shape index (κ2) is 33.9. The average Bonchev–Trinajstić information content (AvgIpc) is 1.62. The molecular weight excluding hydrogens is 1330 g/mol. The molecule has 4 aromatic rings. The maximum absolute atomic E-state index is 14.8. The molecule has 2 aliphatic rings. The van der Waals surface area contributed by atoms with Gasteiger partial charge < -0.3 is 50.6 Å². The van der Waals surface area contributed by atoms with Crippen LogP contribution in [0.25, 0.3) is 0 Å². The molecule has 0 saturated carbocycles. The lowest BCUT2D eigenvalue weighted by Gasteiger charge is -2.41. The Bertz CT molecular complexity index is 3290. The SMILES string of the molecule is CC[C@H](C)[C@@H]([C@@H](CC(=O)N1CCC[C@H]1[C@H](OC)[C@@H](C)C(=O)N[C@@H](Cc1ccccc1)c1nccs1)OC)N(C)C(=O)[C@@H](NC(=O)[C@H](C(C)C)N(C)C(=O)OCc1ccc(NC(=O)[C@H](C)NC(=O)[C@@H](NC(=O)C2Cn3c(=O)c(Br)c(Br)c(=O)n3C2)C(C)C)cc1)C(C)C. The number of hydrogen-bond acceptors (Lipinski definition) is 15. The van der Waals surface area contributed by atoms with Crippen molar-refractivity contribution in [1.82, 2.24) is 50.3 Å². The number of aromatic nitrogens is 3. The van der Waals surface area contributed by atoms with Crippen LogP contribution in [0.2, 0.25) is 0 Å². The van der Waals surface area contributed by atoms with Crippen molar-refractivity contribution < 1.29 is 52.6 Å². The van der Waals surface area contributed by atoms with E-state index < -0.39 is 125 Å². The molecule has 1 saturated heterocycles.